The number of para-hydroxylation sites is 1. The minimum atomic E-state index is -4.15. The highest BCUT2D eigenvalue weighted by Crippen LogP contribution is 2.29. The maximum Gasteiger partial charge on any atom is 0.341 e. The minimum Gasteiger partial charge on any atom is -0.378 e. The van der Waals surface area contributed by atoms with Crippen LogP contribution >= 0.6 is 15.9 Å². The number of hydrogen-bond acceptors (Lipinski definition) is 5. The van der Waals surface area contributed by atoms with Crippen molar-refractivity contribution in [3.8, 4) is 5.75 Å². The van der Waals surface area contributed by atoms with Crippen molar-refractivity contribution in [3.05, 3.63) is 64.3 Å². The molecule has 1 heterocycles. The normalized spacial score (nSPS) is 11.5. The lowest BCUT2D eigenvalue weighted by Crippen LogP contribution is -2.13. The van der Waals surface area contributed by atoms with Crippen LogP contribution < -0.4 is 4.18 Å². The van der Waals surface area contributed by atoms with E-state index in [0.29, 0.717) is 15.4 Å². The van der Waals surface area contributed by atoms with E-state index in [1.807, 2.05) is 13.0 Å². The molecule has 0 aliphatic rings. The molecular formula is C18H14BrNO4S. The van der Waals surface area contributed by atoms with Crippen molar-refractivity contribution >= 4 is 42.7 Å². The molecule has 3 rings (SSSR count). The Bertz CT molecular complexity index is 1090. The summed E-state index contributed by atoms with van der Waals surface area (Å²) in [5.74, 6) is -0.307. The standard InChI is InChI=1S/C18H14BrNO4S/c1-11-8-13-4-3-5-17(18(13)20-10-11)25(22,23)24-16-7-6-14(19)9-15(16)12(2)21/h3-10H,1-2H3. The molecule has 0 aliphatic carbocycles. The van der Waals surface area contributed by atoms with E-state index in [2.05, 4.69) is 20.9 Å². The highest BCUT2D eigenvalue weighted by atomic mass is 79.9. The summed E-state index contributed by atoms with van der Waals surface area (Å²) >= 11 is 3.26. The summed E-state index contributed by atoms with van der Waals surface area (Å²) in [7, 11) is -4.15. The molecule has 0 fully saturated rings. The van der Waals surface area contributed by atoms with Crippen molar-refractivity contribution in [2.24, 2.45) is 0 Å². The Morgan fingerprint density at radius 3 is 2.64 bits per heavy atom. The molecule has 7 heteroatoms. The predicted octanol–water partition coefficient (Wildman–Crippen LogP) is 4.28. The van der Waals surface area contributed by atoms with Crippen molar-refractivity contribution in [2.45, 2.75) is 18.7 Å². The van der Waals surface area contributed by atoms with E-state index in [0.717, 1.165) is 5.56 Å². The fourth-order valence-corrected chi connectivity index (χ4v) is 3.94. The minimum absolute atomic E-state index is 0.0141. The molecule has 0 atom stereocenters. The Balaban J connectivity index is 2.12. The number of fused-ring (bicyclic) bond motifs is 1. The summed E-state index contributed by atoms with van der Waals surface area (Å²) in [5, 5.41) is 0.701. The second kappa shape index (κ2) is 6.57. The summed E-state index contributed by atoms with van der Waals surface area (Å²) in [5.41, 5.74) is 1.44. The Kier molecular flexibility index (Phi) is 4.62. The van der Waals surface area contributed by atoms with Crippen LogP contribution in [0.2, 0.25) is 0 Å². The first-order chi connectivity index (χ1) is 11.8. The predicted molar refractivity (Wildman–Crippen MR) is 98.4 cm³/mol. The lowest BCUT2D eigenvalue weighted by atomic mass is 10.1. The van der Waals surface area contributed by atoms with Gasteiger partial charge in [-0.2, -0.15) is 8.42 Å². The summed E-state index contributed by atoms with van der Waals surface area (Å²) < 4.78 is 31.5. The van der Waals surface area contributed by atoms with Crippen molar-refractivity contribution in [3.63, 3.8) is 0 Å². The lowest BCUT2D eigenvalue weighted by Gasteiger charge is -2.12. The van der Waals surface area contributed by atoms with Gasteiger partial charge in [0.15, 0.2) is 11.5 Å². The van der Waals surface area contributed by atoms with Gasteiger partial charge >= 0.3 is 10.1 Å². The molecule has 0 aliphatic heterocycles. The van der Waals surface area contributed by atoms with Crippen molar-refractivity contribution in [2.75, 3.05) is 0 Å². The van der Waals surface area contributed by atoms with E-state index in [9.17, 15) is 13.2 Å². The maximum atomic E-state index is 12.8. The van der Waals surface area contributed by atoms with Crippen molar-refractivity contribution < 1.29 is 17.4 Å². The monoisotopic (exact) mass is 419 g/mol. The number of halogens is 1. The summed E-state index contributed by atoms with van der Waals surface area (Å²) in [6.07, 6.45) is 1.60. The second-order valence-electron chi connectivity index (χ2n) is 5.57. The Morgan fingerprint density at radius 2 is 1.92 bits per heavy atom. The maximum absolute atomic E-state index is 12.8. The average Bonchev–Trinajstić information content (AvgIpc) is 2.55. The first-order valence-corrected chi connectivity index (χ1v) is 9.58. The molecule has 25 heavy (non-hydrogen) atoms. The molecule has 1 aromatic heterocycles. The summed E-state index contributed by atoms with van der Waals surface area (Å²) in [6, 6.07) is 11.3. The smallest absolute Gasteiger partial charge is 0.341 e. The topological polar surface area (TPSA) is 73.3 Å². The lowest BCUT2D eigenvalue weighted by molar-refractivity contribution is 0.101. The van der Waals surface area contributed by atoms with Gasteiger partial charge in [0.2, 0.25) is 0 Å². The number of carbonyl (C=O) groups excluding carboxylic acids is 1. The number of hydrogen-bond donors (Lipinski definition) is 0. The third-order valence-electron chi connectivity index (χ3n) is 3.60. The molecule has 0 N–H and O–H groups in total. The summed E-state index contributed by atoms with van der Waals surface area (Å²) in [4.78, 5) is 16.0. The van der Waals surface area contributed by atoms with E-state index >= 15 is 0 Å². The zero-order valence-corrected chi connectivity index (χ0v) is 15.9. The van der Waals surface area contributed by atoms with Gasteiger partial charge < -0.3 is 4.18 Å². The van der Waals surface area contributed by atoms with Crippen LogP contribution in [0, 0.1) is 6.92 Å². The Morgan fingerprint density at radius 1 is 1.16 bits per heavy atom. The van der Waals surface area contributed by atoms with Gasteiger partial charge in [-0.3, -0.25) is 9.78 Å². The van der Waals surface area contributed by atoms with Gasteiger partial charge in [0.1, 0.15) is 4.90 Å². The van der Waals surface area contributed by atoms with E-state index in [-0.39, 0.29) is 22.0 Å². The number of carbonyl (C=O) groups is 1. The van der Waals surface area contributed by atoms with E-state index < -0.39 is 10.1 Å². The van der Waals surface area contributed by atoms with E-state index in [1.54, 1.807) is 24.4 Å². The molecule has 0 saturated carbocycles. The number of nitrogens with zero attached hydrogens (tertiary/aromatic N) is 1. The van der Waals surface area contributed by atoms with Crippen LogP contribution in [0.3, 0.4) is 0 Å². The number of ketones is 1. The Hall–Kier alpha value is -2.25. The van der Waals surface area contributed by atoms with Gasteiger partial charge in [-0.25, -0.2) is 0 Å². The first-order valence-electron chi connectivity index (χ1n) is 7.38. The molecule has 0 unspecified atom stereocenters. The average molecular weight is 420 g/mol. The fraction of sp³-hybridized carbons (Fsp3) is 0.111. The molecule has 0 spiro atoms. The third-order valence-corrected chi connectivity index (χ3v) is 5.36. The van der Waals surface area contributed by atoms with Crippen molar-refractivity contribution in [1.29, 1.82) is 0 Å². The second-order valence-corrected chi connectivity index (χ2v) is 8.01. The number of benzene rings is 2. The largest absolute Gasteiger partial charge is 0.378 e. The first kappa shape index (κ1) is 17.6. The zero-order chi connectivity index (χ0) is 18.2. The number of aromatic nitrogens is 1. The summed E-state index contributed by atoms with van der Waals surface area (Å²) in [6.45, 7) is 3.23. The molecule has 3 aromatic rings. The van der Waals surface area contributed by atoms with Gasteiger partial charge in [0.25, 0.3) is 0 Å². The SMILES string of the molecule is CC(=O)c1cc(Br)ccc1OS(=O)(=O)c1cccc2cc(C)cnc12. The molecule has 0 bridgehead atoms. The van der Waals surface area contributed by atoms with Crippen LogP contribution in [0.15, 0.2) is 58.0 Å². The van der Waals surface area contributed by atoms with Gasteiger partial charge in [0, 0.05) is 16.1 Å². The zero-order valence-electron chi connectivity index (χ0n) is 13.5. The van der Waals surface area contributed by atoms with E-state index in [1.165, 1.54) is 25.1 Å². The molecule has 5 nitrogen and oxygen atoms in total. The van der Waals surface area contributed by atoms with Gasteiger partial charge in [-0.15, -0.1) is 0 Å². The third kappa shape index (κ3) is 3.57. The van der Waals surface area contributed by atoms with Crippen LogP contribution in [0.4, 0.5) is 0 Å². The molecular weight excluding hydrogens is 406 g/mol. The van der Waals surface area contributed by atoms with Gasteiger partial charge in [-0.05, 0) is 49.7 Å². The molecule has 2 aromatic carbocycles. The van der Waals surface area contributed by atoms with Crippen LogP contribution in [-0.2, 0) is 10.1 Å². The fourth-order valence-electron chi connectivity index (χ4n) is 2.46. The highest BCUT2D eigenvalue weighted by Gasteiger charge is 2.23. The van der Waals surface area contributed by atoms with Crippen LogP contribution in [0.25, 0.3) is 10.9 Å². The Labute approximate surface area is 153 Å². The highest BCUT2D eigenvalue weighted by molar-refractivity contribution is 9.10. The molecule has 0 amide bonds. The number of rotatable bonds is 4. The number of aryl methyl sites for hydroxylation is 1. The quantitative estimate of drug-likeness (QED) is 0.466. The number of Topliss-reactive ketones (excluding diaryl/α,β-unsaturated/α-hetero) is 1. The van der Waals surface area contributed by atoms with Crippen LogP contribution in [0.1, 0.15) is 22.8 Å². The van der Waals surface area contributed by atoms with Crippen LogP contribution in [0.5, 0.6) is 5.75 Å². The molecule has 0 saturated heterocycles. The van der Waals surface area contributed by atoms with Gasteiger partial charge in [0.05, 0.1) is 11.1 Å². The number of pyridine rings is 1. The van der Waals surface area contributed by atoms with Crippen molar-refractivity contribution in [1.82, 2.24) is 4.98 Å². The molecule has 0 radical (unpaired) electrons. The van der Waals surface area contributed by atoms with Gasteiger partial charge in [-0.1, -0.05) is 28.1 Å². The van der Waals surface area contributed by atoms with E-state index in [4.69, 9.17) is 4.18 Å². The van der Waals surface area contributed by atoms with Crippen LogP contribution in [-0.4, -0.2) is 19.2 Å². The molecule has 128 valence electrons.